The molecule has 0 spiro atoms. The number of nitrogens with one attached hydrogen (secondary N) is 1. The van der Waals surface area contributed by atoms with E-state index < -0.39 is 0 Å². The number of amides is 1. The fourth-order valence-electron chi connectivity index (χ4n) is 3.64. The molecule has 2 aromatic heterocycles. The Balaban J connectivity index is 1.23. The first kappa shape index (κ1) is 16.1. The van der Waals surface area contributed by atoms with E-state index in [-0.39, 0.29) is 11.9 Å². The molecule has 1 saturated heterocycles. The maximum Gasteiger partial charge on any atom is 0.234 e. The van der Waals surface area contributed by atoms with Crippen molar-refractivity contribution in [3.63, 3.8) is 0 Å². The van der Waals surface area contributed by atoms with Crippen molar-refractivity contribution in [1.82, 2.24) is 24.8 Å². The number of pyridine rings is 1. The lowest BCUT2D eigenvalue weighted by Crippen LogP contribution is -2.51. The van der Waals surface area contributed by atoms with Gasteiger partial charge in [0.15, 0.2) is 0 Å². The van der Waals surface area contributed by atoms with Crippen LogP contribution in [0.15, 0.2) is 36.8 Å². The number of hydrogen-bond donors (Lipinski definition) is 1. The highest BCUT2D eigenvalue weighted by molar-refractivity contribution is 5.78. The second kappa shape index (κ2) is 7.23. The van der Waals surface area contributed by atoms with Gasteiger partial charge in [-0.15, -0.1) is 0 Å². The van der Waals surface area contributed by atoms with Crippen LogP contribution in [-0.2, 0) is 17.8 Å². The van der Waals surface area contributed by atoms with Gasteiger partial charge in [0, 0.05) is 63.8 Å². The lowest BCUT2D eigenvalue weighted by molar-refractivity contribution is -0.123. The SMILES string of the molecule is O=C(CN1CCN(c2ccccn2)CC1)NC1CCc2nccn2C1. The molecule has 2 aromatic rings. The van der Waals surface area contributed by atoms with E-state index in [4.69, 9.17) is 0 Å². The summed E-state index contributed by atoms with van der Waals surface area (Å²) in [6, 6.07) is 6.19. The average molecular weight is 340 g/mol. The van der Waals surface area contributed by atoms with Gasteiger partial charge in [-0.05, 0) is 18.6 Å². The number of aryl methyl sites for hydroxylation is 1. The molecule has 1 amide bonds. The largest absolute Gasteiger partial charge is 0.354 e. The highest BCUT2D eigenvalue weighted by atomic mass is 16.2. The number of fused-ring (bicyclic) bond motifs is 1. The van der Waals surface area contributed by atoms with Crippen LogP contribution in [0.2, 0.25) is 0 Å². The summed E-state index contributed by atoms with van der Waals surface area (Å²) in [7, 11) is 0. The summed E-state index contributed by atoms with van der Waals surface area (Å²) < 4.78 is 2.14. The van der Waals surface area contributed by atoms with Crippen LogP contribution in [-0.4, -0.2) is 64.1 Å². The maximum absolute atomic E-state index is 12.4. The van der Waals surface area contributed by atoms with Crippen molar-refractivity contribution in [2.75, 3.05) is 37.6 Å². The van der Waals surface area contributed by atoms with Crippen LogP contribution >= 0.6 is 0 Å². The van der Waals surface area contributed by atoms with Crippen molar-refractivity contribution in [2.24, 2.45) is 0 Å². The van der Waals surface area contributed by atoms with Crippen LogP contribution in [0.5, 0.6) is 0 Å². The number of imidazole rings is 1. The van der Waals surface area contributed by atoms with Gasteiger partial charge in [0.2, 0.25) is 5.91 Å². The van der Waals surface area contributed by atoms with Crippen molar-refractivity contribution in [2.45, 2.75) is 25.4 Å². The maximum atomic E-state index is 12.4. The molecule has 1 N–H and O–H groups in total. The molecule has 2 aliphatic heterocycles. The predicted molar refractivity (Wildman–Crippen MR) is 95.4 cm³/mol. The fraction of sp³-hybridized carbons (Fsp3) is 0.500. The van der Waals surface area contributed by atoms with Gasteiger partial charge in [-0.3, -0.25) is 9.69 Å². The van der Waals surface area contributed by atoms with Gasteiger partial charge in [-0.2, -0.15) is 0 Å². The van der Waals surface area contributed by atoms with Gasteiger partial charge in [0.25, 0.3) is 0 Å². The molecule has 0 radical (unpaired) electrons. The average Bonchev–Trinajstić information content (AvgIpc) is 3.11. The van der Waals surface area contributed by atoms with Crippen molar-refractivity contribution in [3.8, 4) is 0 Å². The van der Waals surface area contributed by atoms with E-state index in [1.165, 1.54) is 0 Å². The molecule has 4 rings (SSSR count). The monoisotopic (exact) mass is 340 g/mol. The molecule has 0 aliphatic carbocycles. The fourth-order valence-corrected chi connectivity index (χ4v) is 3.64. The number of rotatable bonds is 4. The molecule has 7 heteroatoms. The third-order valence-electron chi connectivity index (χ3n) is 5.01. The molecule has 4 heterocycles. The summed E-state index contributed by atoms with van der Waals surface area (Å²) in [6.45, 7) is 4.90. The number of nitrogens with zero attached hydrogens (tertiary/aromatic N) is 5. The Hall–Kier alpha value is -2.41. The minimum atomic E-state index is 0.125. The Morgan fingerprint density at radius 1 is 1.16 bits per heavy atom. The Bertz CT molecular complexity index is 707. The minimum Gasteiger partial charge on any atom is -0.354 e. The highest BCUT2D eigenvalue weighted by Gasteiger charge is 2.23. The topological polar surface area (TPSA) is 66.3 Å². The zero-order chi connectivity index (χ0) is 17.1. The number of carbonyl (C=O) groups is 1. The van der Waals surface area contributed by atoms with Crippen LogP contribution in [0.25, 0.3) is 0 Å². The lowest BCUT2D eigenvalue weighted by atomic mass is 10.1. The molecule has 0 aromatic carbocycles. The first-order chi connectivity index (χ1) is 12.3. The zero-order valence-electron chi connectivity index (χ0n) is 14.3. The normalized spacial score (nSPS) is 21.0. The van der Waals surface area contributed by atoms with Crippen LogP contribution in [0.3, 0.4) is 0 Å². The quantitative estimate of drug-likeness (QED) is 0.880. The van der Waals surface area contributed by atoms with Crippen LogP contribution in [0.1, 0.15) is 12.2 Å². The summed E-state index contributed by atoms with van der Waals surface area (Å²) >= 11 is 0. The van der Waals surface area contributed by atoms with Gasteiger partial charge >= 0.3 is 0 Å². The van der Waals surface area contributed by atoms with Crippen molar-refractivity contribution in [1.29, 1.82) is 0 Å². The summed E-state index contributed by atoms with van der Waals surface area (Å²) in [6.07, 6.45) is 7.55. The van der Waals surface area contributed by atoms with E-state index in [0.29, 0.717) is 6.54 Å². The van der Waals surface area contributed by atoms with Gasteiger partial charge in [0.05, 0.1) is 6.54 Å². The number of carbonyl (C=O) groups excluding carboxylic acids is 1. The van der Waals surface area contributed by atoms with Crippen molar-refractivity contribution in [3.05, 3.63) is 42.6 Å². The minimum absolute atomic E-state index is 0.125. The van der Waals surface area contributed by atoms with E-state index in [9.17, 15) is 4.79 Å². The lowest BCUT2D eigenvalue weighted by Gasteiger charge is -2.35. The van der Waals surface area contributed by atoms with E-state index in [2.05, 4.69) is 29.7 Å². The predicted octanol–water partition coefficient (Wildman–Crippen LogP) is 0.531. The first-order valence-corrected chi connectivity index (χ1v) is 8.95. The summed E-state index contributed by atoms with van der Waals surface area (Å²) in [5, 5.41) is 3.18. The number of aromatic nitrogens is 3. The van der Waals surface area contributed by atoms with E-state index in [1.54, 1.807) is 0 Å². The molecule has 0 saturated carbocycles. The molecule has 1 unspecified atom stereocenters. The molecule has 132 valence electrons. The standard InChI is InChI=1S/C18H24N6O/c25-18(21-15-4-5-17-20-7-8-24(17)13-15)14-22-9-11-23(12-10-22)16-3-1-2-6-19-16/h1-3,6-8,15H,4-5,9-14H2,(H,21,25). The van der Waals surface area contributed by atoms with Gasteiger partial charge < -0.3 is 14.8 Å². The first-order valence-electron chi connectivity index (χ1n) is 8.95. The summed E-state index contributed by atoms with van der Waals surface area (Å²) in [4.78, 5) is 25.6. The Morgan fingerprint density at radius 3 is 2.84 bits per heavy atom. The smallest absolute Gasteiger partial charge is 0.234 e. The van der Waals surface area contributed by atoms with Crippen LogP contribution < -0.4 is 10.2 Å². The Labute approximate surface area is 147 Å². The second-order valence-electron chi connectivity index (χ2n) is 6.75. The summed E-state index contributed by atoms with van der Waals surface area (Å²) in [5.74, 6) is 2.26. The van der Waals surface area contributed by atoms with E-state index in [0.717, 1.165) is 57.2 Å². The highest BCUT2D eigenvalue weighted by Crippen LogP contribution is 2.14. The van der Waals surface area contributed by atoms with Gasteiger partial charge in [0.1, 0.15) is 11.6 Å². The van der Waals surface area contributed by atoms with Crippen LogP contribution in [0, 0.1) is 0 Å². The molecular weight excluding hydrogens is 316 g/mol. The van der Waals surface area contributed by atoms with Crippen molar-refractivity contribution < 1.29 is 4.79 Å². The molecule has 0 bridgehead atoms. The Morgan fingerprint density at radius 2 is 2.04 bits per heavy atom. The zero-order valence-corrected chi connectivity index (χ0v) is 14.3. The molecule has 1 atom stereocenters. The molecule has 1 fully saturated rings. The third kappa shape index (κ3) is 3.82. The molecular formula is C18H24N6O. The Kier molecular flexibility index (Phi) is 4.65. The molecule has 2 aliphatic rings. The second-order valence-corrected chi connectivity index (χ2v) is 6.75. The van der Waals surface area contributed by atoms with Crippen molar-refractivity contribution >= 4 is 11.7 Å². The van der Waals surface area contributed by atoms with Crippen LogP contribution in [0.4, 0.5) is 5.82 Å². The van der Waals surface area contributed by atoms with E-state index >= 15 is 0 Å². The van der Waals surface area contributed by atoms with E-state index in [1.807, 2.05) is 36.8 Å². The number of hydrogen-bond acceptors (Lipinski definition) is 5. The summed E-state index contributed by atoms with van der Waals surface area (Å²) in [5.41, 5.74) is 0. The number of piperazine rings is 1. The molecule has 7 nitrogen and oxygen atoms in total. The molecule has 25 heavy (non-hydrogen) atoms. The van der Waals surface area contributed by atoms with Gasteiger partial charge in [-0.25, -0.2) is 9.97 Å². The third-order valence-corrected chi connectivity index (χ3v) is 5.01. The number of anilines is 1. The van der Waals surface area contributed by atoms with Gasteiger partial charge in [-0.1, -0.05) is 6.07 Å².